The minimum Gasteiger partial charge on any atom is -0.319 e. The standard InChI is InChI=1S/C10H20N2/c1-3-4-6-12-7-5-10(9-12)8-11-2/h3-4,10-11H,5-9H2,1-2H3. The van der Waals surface area contributed by atoms with Crippen molar-refractivity contribution in [2.75, 3.05) is 33.2 Å². The fourth-order valence-corrected chi connectivity index (χ4v) is 1.79. The zero-order chi connectivity index (χ0) is 8.81. The molecular weight excluding hydrogens is 148 g/mol. The SMILES string of the molecule is CC=CCN1CCC(CNC)C1. The lowest BCUT2D eigenvalue weighted by Gasteiger charge is -2.12. The number of hydrogen-bond acceptors (Lipinski definition) is 2. The van der Waals surface area contributed by atoms with Crippen LogP contribution in [0.2, 0.25) is 0 Å². The van der Waals surface area contributed by atoms with Crippen LogP contribution in [0.3, 0.4) is 0 Å². The topological polar surface area (TPSA) is 15.3 Å². The van der Waals surface area contributed by atoms with E-state index in [1.165, 1.54) is 26.1 Å². The largest absolute Gasteiger partial charge is 0.319 e. The van der Waals surface area contributed by atoms with E-state index in [0.717, 1.165) is 12.5 Å². The van der Waals surface area contributed by atoms with Gasteiger partial charge in [0.25, 0.3) is 0 Å². The first-order chi connectivity index (χ1) is 5.86. The average molecular weight is 168 g/mol. The molecule has 1 rings (SSSR count). The molecule has 0 aromatic carbocycles. The molecule has 0 amide bonds. The molecule has 2 heteroatoms. The summed E-state index contributed by atoms with van der Waals surface area (Å²) in [6.45, 7) is 6.94. The number of likely N-dealkylation sites (tertiary alicyclic amines) is 1. The van der Waals surface area contributed by atoms with E-state index in [0.29, 0.717) is 0 Å². The van der Waals surface area contributed by atoms with Crippen molar-refractivity contribution < 1.29 is 0 Å². The Bertz CT molecular complexity index is 143. The molecule has 0 radical (unpaired) electrons. The molecule has 0 saturated carbocycles. The summed E-state index contributed by atoms with van der Waals surface area (Å²) in [6.07, 6.45) is 5.73. The minimum atomic E-state index is 0.875. The minimum absolute atomic E-state index is 0.875. The lowest BCUT2D eigenvalue weighted by atomic mass is 10.1. The summed E-state index contributed by atoms with van der Waals surface area (Å²) in [7, 11) is 2.04. The van der Waals surface area contributed by atoms with Crippen LogP contribution >= 0.6 is 0 Å². The molecule has 0 spiro atoms. The van der Waals surface area contributed by atoms with Crippen LogP contribution in [0, 0.1) is 5.92 Å². The van der Waals surface area contributed by atoms with E-state index in [4.69, 9.17) is 0 Å². The Balaban J connectivity index is 2.16. The van der Waals surface area contributed by atoms with Gasteiger partial charge in [-0.25, -0.2) is 0 Å². The van der Waals surface area contributed by atoms with E-state index < -0.39 is 0 Å². The number of allylic oxidation sites excluding steroid dienone is 1. The monoisotopic (exact) mass is 168 g/mol. The Kier molecular flexibility index (Phi) is 4.33. The van der Waals surface area contributed by atoms with Crippen LogP contribution in [-0.2, 0) is 0 Å². The van der Waals surface area contributed by atoms with Crippen LogP contribution in [0.25, 0.3) is 0 Å². The molecule has 0 bridgehead atoms. The second-order valence-electron chi connectivity index (χ2n) is 3.54. The van der Waals surface area contributed by atoms with Gasteiger partial charge < -0.3 is 5.32 Å². The van der Waals surface area contributed by atoms with Crippen molar-refractivity contribution in [3.63, 3.8) is 0 Å². The van der Waals surface area contributed by atoms with E-state index in [2.05, 4.69) is 29.3 Å². The Morgan fingerprint density at radius 2 is 2.42 bits per heavy atom. The fourth-order valence-electron chi connectivity index (χ4n) is 1.79. The van der Waals surface area contributed by atoms with Crippen LogP contribution in [0.1, 0.15) is 13.3 Å². The third kappa shape index (κ3) is 2.95. The predicted molar refractivity (Wildman–Crippen MR) is 53.3 cm³/mol. The molecular formula is C10H20N2. The molecule has 1 fully saturated rings. The first-order valence-electron chi connectivity index (χ1n) is 4.85. The number of nitrogens with zero attached hydrogens (tertiary/aromatic N) is 1. The average Bonchev–Trinajstić information content (AvgIpc) is 2.50. The van der Waals surface area contributed by atoms with E-state index in [1.54, 1.807) is 0 Å². The van der Waals surface area contributed by atoms with Crippen LogP contribution in [0.5, 0.6) is 0 Å². The molecule has 12 heavy (non-hydrogen) atoms. The van der Waals surface area contributed by atoms with Crippen molar-refractivity contribution in [2.45, 2.75) is 13.3 Å². The summed E-state index contributed by atoms with van der Waals surface area (Å²) in [6, 6.07) is 0. The van der Waals surface area contributed by atoms with Crippen LogP contribution in [-0.4, -0.2) is 38.1 Å². The zero-order valence-corrected chi connectivity index (χ0v) is 8.21. The number of rotatable bonds is 4. The smallest absolute Gasteiger partial charge is 0.0163 e. The highest BCUT2D eigenvalue weighted by Gasteiger charge is 2.20. The van der Waals surface area contributed by atoms with E-state index in [9.17, 15) is 0 Å². The van der Waals surface area contributed by atoms with Gasteiger partial charge in [-0.15, -0.1) is 0 Å². The second kappa shape index (κ2) is 5.33. The first kappa shape index (κ1) is 9.75. The van der Waals surface area contributed by atoms with Gasteiger partial charge in [-0.2, -0.15) is 0 Å². The van der Waals surface area contributed by atoms with Gasteiger partial charge in [0.2, 0.25) is 0 Å². The van der Waals surface area contributed by atoms with E-state index in [-0.39, 0.29) is 0 Å². The first-order valence-corrected chi connectivity index (χ1v) is 4.85. The Hall–Kier alpha value is -0.340. The van der Waals surface area contributed by atoms with Gasteiger partial charge in [-0.3, -0.25) is 4.90 Å². The molecule has 0 aliphatic carbocycles. The number of nitrogens with one attached hydrogen (secondary N) is 1. The van der Waals surface area contributed by atoms with Crippen molar-refractivity contribution >= 4 is 0 Å². The van der Waals surface area contributed by atoms with Gasteiger partial charge in [-0.1, -0.05) is 12.2 Å². The Labute approximate surface area is 75.6 Å². The lowest BCUT2D eigenvalue weighted by Crippen LogP contribution is -2.24. The second-order valence-corrected chi connectivity index (χ2v) is 3.54. The van der Waals surface area contributed by atoms with Gasteiger partial charge in [0.15, 0.2) is 0 Å². The van der Waals surface area contributed by atoms with Gasteiger partial charge in [0.05, 0.1) is 0 Å². The molecule has 0 aromatic heterocycles. The normalized spacial score (nSPS) is 25.7. The van der Waals surface area contributed by atoms with Crippen molar-refractivity contribution in [1.29, 1.82) is 0 Å². The van der Waals surface area contributed by atoms with Crippen molar-refractivity contribution in [3.05, 3.63) is 12.2 Å². The molecule has 2 nitrogen and oxygen atoms in total. The molecule has 1 saturated heterocycles. The summed E-state index contributed by atoms with van der Waals surface area (Å²) >= 11 is 0. The van der Waals surface area contributed by atoms with Gasteiger partial charge in [-0.05, 0) is 39.4 Å². The summed E-state index contributed by atoms with van der Waals surface area (Å²) in [5, 5.41) is 3.24. The maximum atomic E-state index is 3.24. The summed E-state index contributed by atoms with van der Waals surface area (Å²) in [5.41, 5.74) is 0. The molecule has 1 aliphatic heterocycles. The molecule has 1 heterocycles. The summed E-state index contributed by atoms with van der Waals surface area (Å²) in [5.74, 6) is 0.875. The molecule has 1 N–H and O–H groups in total. The zero-order valence-electron chi connectivity index (χ0n) is 8.21. The molecule has 1 unspecified atom stereocenters. The van der Waals surface area contributed by atoms with Crippen LogP contribution in [0.4, 0.5) is 0 Å². The summed E-state index contributed by atoms with van der Waals surface area (Å²) in [4.78, 5) is 2.52. The quantitative estimate of drug-likeness (QED) is 0.632. The van der Waals surface area contributed by atoms with Crippen molar-refractivity contribution in [3.8, 4) is 0 Å². The Morgan fingerprint density at radius 1 is 1.58 bits per heavy atom. The van der Waals surface area contributed by atoms with Crippen molar-refractivity contribution in [2.24, 2.45) is 5.92 Å². The highest BCUT2D eigenvalue weighted by atomic mass is 15.1. The van der Waals surface area contributed by atoms with Gasteiger partial charge in [0, 0.05) is 13.1 Å². The van der Waals surface area contributed by atoms with Crippen LogP contribution in [0.15, 0.2) is 12.2 Å². The highest BCUT2D eigenvalue weighted by molar-refractivity contribution is 4.85. The third-order valence-corrected chi connectivity index (χ3v) is 2.46. The van der Waals surface area contributed by atoms with E-state index in [1.807, 2.05) is 7.05 Å². The molecule has 70 valence electrons. The van der Waals surface area contributed by atoms with Crippen molar-refractivity contribution in [1.82, 2.24) is 10.2 Å². The molecule has 0 aromatic rings. The summed E-state index contributed by atoms with van der Waals surface area (Å²) < 4.78 is 0. The number of hydrogen-bond donors (Lipinski definition) is 1. The fraction of sp³-hybridized carbons (Fsp3) is 0.800. The maximum Gasteiger partial charge on any atom is 0.0163 e. The van der Waals surface area contributed by atoms with Gasteiger partial charge >= 0.3 is 0 Å². The van der Waals surface area contributed by atoms with E-state index >= 15 is 0 Å². The van der Waals surface area contributed by atoms with Crippen LogP contribution < -0.4 is 5.32 Å². The highest BCUT2D eigenvalue weighted by Crippen LogP contribution is 2.14. The Morgan fingerprint density at radius 3 is 3.08 bits per heavy atom. The maximum absolute atomic E-state index is 3.24. The molecule has 1 atom stereocenters. The third-order valence-electron chi connectivity index (χ3n) is 2.46. The predicted octanol–water partition coefficient (Wildman–Crippen LogP) is 1.10. The lowest BCUT2D eigenvalue weighted by molar-refractivity contribution is 0.356. The van der Waals surface area contributed by atoms with Gasteiger partial charge in [0.1, 0.15) is 0 Å². The molecule has 1 aliphatic rings.